The second-order valence-electron chi connectivity index (χ2n) is 19.4. The zero-order chi connectivity index (χ0) is 44.1. The van der Waals surface area contributed by atoms with Crippen molar-refractivity contribution in [3.63, 3.8) is 0 Å². The van der Waals surface area contributed by atoms with E-state index in [1.807, 2.05) is 0 Å². The third kappa shape index (κ3) is 7.25. The second-order valence-corrected chi connectivity index (χ2v) is 19.4. The van der Waals surface area contributed by atoms with Gasteiger partial charge in [0, 0.05) is 17.1 Å². The summed E-state index contributed by atoms with van der Waals surface area (Å²) in [5.41, 5.74) is 20.5. The molecule has 0 amide bonds. The number of benzene rings is 9. The molecule has 0 spiro atoms. The van der Waals surface area contributed by atoms with Gasteiger partial charge in [0.05, 0.1) is 5.41 Å². The van der Waals surface area contributed by atoms with E-state index < -0.39 is 5.41 Å². The van der Waals surface area contributed by atoms with Crippen LogP contribution in [0.5, 0.6) is 0 Å². The lowest BCUT2D eigenvalue weighted by Gasteiger charge is -2.36. The van der Waals surface area contributed by atoms with Crippen LogP contribution in [0.2, 0.25) is 0 Å². The first-order valence-electron chi connectivity index (χ1n) is 22.7. The fourth-order valence-electron chi connectivity index (χ4n) is 9.87. The van der Waals surface area contributed by atoms with E-state index in [2.05, 4.69) is 271 Å². The van der Waals surface area contributed by atoms with E-state index in [-0.39, 0.29) is 10.8 Å². The molecule has 64 heavy (non-hydrogen) atoms. The van der Waals surface area contributed by atoms with E-state index in [0.717, 1.165) is 17.1 Å². The summed E-state index contributed by atoms with van der Waals surface area (Å²) in [5.74, 6) is 0. The number of anilines is 3. The van der Waals surface area contributed by atoms with Crippen LogP contribution in [-0.2, 0) is 16.2 Å². The fourth-order valence-corrected chi connectivity index (χ4v) is 9.87. The minimum Gasteiger partial charge on any atom is -0.311 e. The van der Waals surface area contributed by atoms with Gasteiger partial charge in [-0.25, -0.2) is 0 Å². The molecule has 0 unspecified atom stereocenters. The molecule has 1 heteroatoms. The van der Waals surface area contributed by atoms with Gasteiger partial charge in [-0.15, -0.1) is 0 Å². The van der Waals surface area contributed by atoms with Crippen LogP contribution in [0.3, 0.4) is 0 Å². The Labute approximate surface area is 380 Å². The number of hydrogen-bond donors (Lipinski definition) is 0. The summed E-state index contributed by atoms with van der Waals surface area (Å²) in [6.45, 7) is 14.0. The fraction of sp³-hybridized carbons (Fsp3) is 0.143. The molecule has 0 N–H and O–H groups in total. The van der Waals surface area contributed by atoms with Crippen molar-refractivity contribution in [3.05, 3.63) is 258 Å². The van der Waals surface area contributed by atoms with Crippen molar-refractivity contribution in [2.75, 3.05) is 4.90 Å². The van der Waals surface area contributed by atoms with Crippen molar-refractivity contribution in [1.29, 1.82) is 0 Å². The van der Waals surface area contributed by atoms with Crippen LogP contribution in [0.4, 0.5) is 17.1 Å². The van der Waals surface area contributed by atoms with Crippen LogP contribution in [0.15, 0.2) is 224 Å². The molecule has 0 atom stereocenters. The van der Waals surface area contributed by atoms with Gasteiger partial charge in [0.25, 0.3) is 0 Å². The van der Waals surface area contributed by atoms with Gasteiger partial charge in [-0.2, -0.15) is 0 Å². The Morgan fingerprint density at radius 1 is 0.297 bits per heavy atom. The first kappa shape index (κ1) is 40.8. The molecule has 312 valence electrons. The largest absolute Gasteiger partial charge is 0.311 e. The molecule has 0 aromatic heterocycles. The van der Waals surface area contributed by atoms with Gasteiger partial charge >= 0.3 is 0 Å². The van der Waals surface area contributed by atoms with Crippen molar-refractivity contribution in [3.8, 4) is 44.5 Å². The van der Waals surface area contributed by atoms with Gasteiger partial charge in [-0.3, -0.25) is 0 Å². The molecule has 0 heterocycles. The summed E-state index contributed by atoms with van der Waals surface area (Å²) in [7, 11) is 0. The highest BCUT2D eigenvalue weighted by Crippen LogP contribution is 2.58. The topological polar surface area (TPSA) is 3.24 Å². The van der Waals surface area contributed by atoms with Crippen LogP contribution in [0, 0.1) is 0 Å². The number of rotatable bonds is 8. The van der Waals surface area contributed by atoms with Gasteiger partial charge < -0.3 is 4.90 Å². The molecule has 0 saturated carbocycles. The summed E-state index contributed by atoms with van der Waals surface area (Å²) in [4.78, 5) is 2.34. The third-order valence-corrected chi connectivity index (χ3v) is 13.3. The normalized spacial score (nSPS) is 13.0. The predicted octanol–water partition coefficient (Wildman–Crippen LogP) is 17.1. The standard InChI is InChI=1S/C63H55N/c1-61(2,3)49-31-39-56-57-40-32-50(62(4,5)6)43-60(57)63(59(56)42-49,48-23-15-9-16-24-48)51-33-38-55(58(41-51)46-21-13-8-14-22-46)47-29-36-54(37-30-47)64(52-25-17-10-18-26-52)53-34-27-45(28-35-53)44-19-11-7-12-20-44/h7-43H,1-6H3. The monoisotopic (exact) mass is 825 g/mol. The average molecular weight is 826 g/mol. The molecule has 1 nitrogen and oxygen atoms in total. The van der Waals surface area contributed by atoms with E-state index >= 15 is 0 Å². The maximum absolute atomic E-state index is 2.52. The van der Waals surface area contributed by atoms with Crippen LogP contribution < -0.4 is 4.90 Å². The van der Waals surface area contributed by atoms with E-state index in [0.29, 0.717) is 0 Å². The smallest absolute Gasteiger partial charge is 0.0713 e. The maximum atomic E-state index is 2.52. The molecule has 1 aliphatic rings. The maximum Gasteiger partial charge on any atom is 0.0713 e. The lowest BCUT2D eigenvalue weighted by atomic mass is 9.65. The van der Waals surface area contributed by atoms with Crippen LogP contribution in [-0.4, -0.2) is 0 Å². The first-order valence-corrected chi connectivity index (χ1v) is 22.7. The Bertz CT molecular complexity index is 3000. The highest BCUT2D eigenvalue weighted by molar-refractivity contribution is 5.90. The number of nitrogens with zero attached hydrogens (tertiary/aromatic N) is 1. The van der Waals surface area contributed by atoms with Gasteiger partial charge in [0.2, 0.25) is 0 Å². The third-order valence-electron chi connectivity index (χ3n) is 13.3. The Hall–Kier alpha value is -7.22. The summed E-state index contributed by atoms with van der Waals surface area (Å²) in [6.07, 6.45) is 0. The molecule has 0 saturated heterocycles. The molecule has 10 rings (SSSR count). The molecular weight excluding hydrogens is 771 g/mol. The van der Waals surface area contributed by atoms with Crippen molar-refractivity contribution in [1.82, 2.24) is 0 Å². The number of fused-ring (bicyclic) bond motifs is 3. The Morgan fingerprint density at radius 3 is 1.19 bits per heavy atom. The Morgan fingerprint density at radius 2 is 0.688 bits per heavy atom. The van der Waals surface area contributed by atoms with Crippen LogP contribution in [0.1, 0.15) is 74.9 Å². The lowest BCUT2D eigenvalue weighted by molar-refractivity contribution is 0.586. The number of para-hydroxylation sites is 1. The Balaban J connectivity index is 1.15. The van der Waals surface area contributed by atoms with E-state index in [4.69, 9.17) is 0 Å². The van der Waals surface area contributed by atoms with E-state index in [1.165, 1.54) is 77.9 Å². The quantitative estimate of drug-likeness (QED) is 0.148. The van der Waals surface area contributed by atoms with Crippen molar-refractivity contribution < 1.29 is 0 Å². The minimum atomic E-state index is -0.549. The SMILES string of the molecule is CC(C)(C)c1ccc2c(c1)C(c1ccccc1)(c1ccc(-c3ccc(N(c4ccccc4)c4ccc(-c5ccccc5)cc4)cc3)c(-c3ccccc3)c1)c1cc(C(C)(C)C)ccc1-2. The van der Waals surface area contributed by atoms with E-state index in [9.17, 15) is 0 Å². The van der Waals surface area contributed by atoms with E-state index in [1.54, 1.807) is 0 Å². The zero-order valence-electron chi connectivity index (χ0n) is 37.8. The first-order chi connectivity index (χ1) is 31.0. The number of hydrogen-bond acceptors (Lipinski definition) is 1. The molecule has 9 aromatic carbocycles. The molecule has 9 aromatic rings. The van der Waals surface area contributed by atoms with Gasteiger partial charge in [-0.05, 0) is 131 Å². The van der Waals surface area contributed by atoms with Crippen LogP contribution in [0.25, 0.3) is 44.5 Å². The minimum absolute atomic E-state index is 0.0181. The average Bonchev–Trinajstić information content (AvgIpc) is 3.62. The van der Waals surface area contributed by atoms with Crippen molar-refractivity contribution in [2.24, 2.45) is 0 Å². The molecule has 0 bridgehead atoms. The molecule has 1 aliphatic carbocycles. The van der Waals surface area contributed by atoms with Crippen molar-refractivity contribution in [2.45, 2.75) is 57.8 Å². The molecule has 0 fully saturated rings. The zero-order valence-corrected chi connectivity index (χ0v) is 37.8. The Kier molecular flexibility index (Phi) is 10.3. The summed E-state index contributed by atoms with van der Waals surface area (Å²) < 4.78 is 0. The molecule has 0 aliphatic heterocycles. The molecular formula is C63H55N. The van der Waals surface area contributed by atoms with Crippen molar-refractivity contribution >= 4 is 17.1 Å². The summed E-state index contributed by atoms with van der Waals surface area (Å²) >= 11 is 0. The molecule has 0 radical (unpaired) electrons. The van der Waals surface area contributed by atoms with Gasteiger partial charge in [-0.1, -0.05) is 224 Å². The summed E-state index contributed by atoms with van der Waals surface area (Å²) in [5, 5.41) is 0. The van der Waals surface area contributed by atoms with Crippen LogP contribution >= 0.6 is 0 Å². The second kappa shape index (κ2) is 16.2. The highest BCUT2D eigenvalue weighted by atomic mass is 15.1. The van der Waals surface area contributed by atoms with Gasteiger partial charge in [0.1, 0.15) is 0 Å². The summed E-state index contributed by atoms with van der Waals surface area (Å²) in [6, 6.07) is 83.3. The highest BCUT2D eigenvalue weighted by Gasteiger charge is 2.47. The predicted molar refractivity (Wildman–Crippen MR) is 272 cm³/mol. The lowest BCUT2D eigenvalue weighted by Crippen LogP contribution is -2.30. The van der Waals surface area contributed by atoms with Gasteiger partial charge in [0.15, 0.2) is 0 Å².